The normalized spacial score (nSPS) is 9.87. The smallest absolute Gasteiger partial charge is 0.683 e. The molecule has 0 saturated heterocycles. The van der Waals surface area contributed by atoms with Crippen molar-refractivity contribution in [2.24, 2.45) is 0 Å². The van der Waals surface area contributed by atoms with Gasteiger partial charge in [-0.1, -0.05) is 61.9 Å². The summed E-state index contributed by atoms with van der Waals surface area (Å²) in [6.45, 7) is 16.3. The Morgan fingerprint density at radius 3 is 1.87 bits per heavy atom. The van der Waals surface area contributed by atoms with Gasteiger partial charge in [0, 0.05) is 0 Å². The van der Waals surface area contributed by atoms with Crippen molar-refractivity contribution in [1.29, 1.82) is 0 Å². The molecule has 3 nitrogen and oxygen atoms in total. The molecule has 0 aliphatic heterocycles. The zero-order valence-electron chi connectivity index (χ0n) is 23.3. The van der Waals surface area contributed by atoms with Crippen LogP contribution in [0.3, 0.4) is 0 Å². The van der Waals surface area contributed by atoms with Gasteiger partial charge in [0.1, 0.15) is 5.75 Å². The van der Waals surface area contributed by atoms with Gasteiger partial charge in [0.15, 0.2) is 0 Å². The summed E-state index contributed by atoms with van der Waals surface area (Å²) >= 11 is 3.39. The van der Waals surface area contributed by atoms with Gasteiger partial charge in [0.2, 0.25) is 0 Å². The van der Waals surface area contributed by atoms with Crippen molar-refractivity contribution in [3.05, 3.63) is 149 Å². The molecule has 0 saturated carbocycles. The van der Waals surface area contributed by atoms with E-state index in [2.05, 4.69) is 67.1 Å². The van der Waals surface area contributed by atoms with Crippen molar-refractivity contribution >= 4 is 21.6 Å². The van der Waals surface area contributed by atoms with Crippen molar-refractivity contribution in [3.8, 4) is 5.75 Å². The Morgan fingerprint density at radius 2 is 1.36 bits per heavy atom. The van der Waals surface area contributed by atoms with Gasteiger partial charge in [-0.05, 0) is 65.5 Å². The summed E-state index contributed by atoms with van der Waals surface area (Å²) < 4.78 is 0.762. The molecule has 0 aromatic heterocycles. The van der Waals surface area contributed by atoms with Crippen LogP contribution in [0.1, 0.15) is 47.6 Å². The summed E-state index contributed by atoms with van der Waals surface area (Å²) in [5, 5.41) is 18.2. The summed E-state index contributed by atoms with van der Waals surface area (Å²) in [6.07, 6.45) is 0.800. The van der Waals surface area contributed by atoms with Gasteiger partial charge in [-0.2, -0.15) is 49.2 Å². The van der Waals surface area contributed by atoms with Gasteiger partial charge in [-0.25, -0.2) is 0 Å². The first-order valence-corrected chi connectivity index (χ1v) is 13.8. The van der Waals surface area contributed by atoms with Crippen molar-refractivity contribution in [2.75, 3.05) is 19.6 Å². The van der Waals surface area contributed by atoms with Crippen LogP contribution in [0.5, 0.6) is 5.75 Å². The molecule has 0 atom stereocenters. The average Bonchev–Trinajstić information content (AvgIpc) is 2.90. The predicted octanol–water partition coefficient (Wildman–Crippen LogP) is 9.16. The second-order valence-corrected chi connectivity index (χ2v) is 10.2. The number of phenols is 1. The molecule has 2 N–H and O–H groups in total. The quantitative estimate of drug-likeness (QED) is 0.146. The Kier molecular flexibility index (Phi) is 17.4. The van der Waals surface area contributed by atoms with E-state index in [-0.39, 0.29) is 26.2 Å². The molecule has 0 aliphatic carbocycles. The Labute approximate surface area is 263 Å². The average molecular weight is 664 g/mol. The number of nitrogens with one attached hydrogen (secondary N) is 1. The van der Waals surface area contributed by atoms with E-state index in [9.17, 15) is 5.11 Å². The van der Waals surface area contributed by atoms with Crippen LogP contribution in [-0.4, -0.2) is 24.7 Å². The minimum atomic E-state index is 0. The fourth-order valence-corrected chi connectivity index (χ4v) is 4.29. The number of hydrogen-bond donors (Lipinski definition) is 2. The third-order valence-corrected chi connectivity index (χ3v) is 6.28. The molecular formula is C34H40BrN2OZr+. The van der Waals surface area contributed by atoms with Crippen molar-refractivity contribution in [3.63, 3.8) is 0 Å². The van der Waals surface area contributed by atoms with Crippen molar-refractivity contribution in [1.82, 2.24) is 5.32 Å². The van der Waals surface area contributed by atoms with Crippen molar-refractivity contribution < 1.29 is 31.3 Å². The largest absolute Gasteiger partial charge is 4.00 e. The number of para-hydroxylation sites is 1. The molecule has 0 amide bonds. The molecule has 0 radical (unpaired) electrons. The zero-order valence-corrected chi connectivity index (χ0v) is 27.4. The minimum Gasteiger partial charge on any atom is -0.683 e. The van der Waals surface area contributed by atoms with Crippen LogP contribution in [0, 0.1) is 20.8 Å². The number of rotatable bonds is 8. The van der Waals surface area contributed by atoms with Crippen LogP contribution in [0.15, 0.2) is 102 Å². The van der Waals surface area contributed by atoms with Gasteiger partial charge < -0.3 is 15.7 Å². The van der Waals surface area contributed by atoms with Gasteiger partial charge in [-0.15, -0.1) is 36.5 Å². The van der Waals surface area contributed by atoms with E-state index >= 15 is 0 Å². The van der Waals surface area contributed by atoms with E-state index in [0.29, 0.717) is 11.7 Å². The van der Waals surface area contributed by atoms with Crippen LogP contribution in [0.2, 0.25) is 0 Å². The maximum absolute atomic E-state index is 10.1. The van der Waals surface area contributed by atoms with Crippen LogP contribution >= 0.6 is 15.9 Å². The van der Waals surface area contributed by atoms with Gasteiger partial charge in [0.05, 0.1) is 4.47 Å². The molecule has 0 bridgehead atoms. The van der Waals surface area contributed by atoms with Gasteiger partial charge in [0.25, 0.3) is 0 Å². The second-order valence-electron chi connectivity index (χ2n) is 9.32. The minimum absolute atomic E-state index is 0. The van der Waals surface area contributed by atoms with Crippen LogP contribution in [0.25, 0.3) is 5.32 Å². The summed E-state index contributed by atoms with van der Waals surface area (Å²) in [6, 6.07) is 32.0. The molecule has 0 heterocycles. The number of phenolic OH excluding ortho intramolecular Hbond substituents is 1. The Balaban J connectivity index is 0.000000410. The predicted molar refractivity (Wildman–Crippen MR) is 167 cm³/mol. The van der Waals surface area contributed by atoms with Crippen molar-refractivity contribution in [2.45, 2.75) is 33.1 Å². The molecule has 0 aliphatic rings. The summed E-state index contributed by atoms with van der Waals surface area (Å²) in [4.78, 5) is 0. The fourth-order valence-electron chi connectivity index (χ4n) is 3.68. The topological polar surface area (TPSA) is 46.4 Å². The first-order valence-electron chi connectivity index (χ1n) is 13.0. The van der Waals surface area contributed by atoms with E-state index in [0.717, 1.165) is 58.5 Å². The number of benzene rings is 4. The summed E-state index contributed by atoms with van der Waals surface area (Å²) in [5.41, 5.74) is 6.65. The molecule has 0 unspecified atom stereocenters. The molecule has 39 heavy (non-hydrogen) atoms. The molecule has 202 valence electrons. The van der Waals surface area contributed by atoms with E-state index in [1.807, 2.05) is 85.8 Å². The first kappa shape index (κ1) is 34.6. The number of aromatic hydroxyl groups is 1. The Hall–Kier alpha value is -2.46. The molecular weight excluding hydrogens is 624 g/mol. The fraction of sp³-hybridized carbons (Fsp3) is 0.235. The number of hydrogen-bond acceptors (Lipinski definition) is 2. The third kappa shape index (κ3) is 13.9. The van der Waals surface area contributed by atoms with E-state index in [1.165, 1.54) is 5.56 Å². The number of nitrogens with zero attached hydrogens (tertiary/aromatic N) is 1. The Morgan fingerprint density at radius 1 is 0.821 bits per heavy atom. The molecule has 4 aromatic carbocycles. The van der Waals surface area contributed by atoms with E-state index < -0.39 is 0 Å². The third-order valence-electron chi connectivity index (χ3n) is 5.67. The Bertz CT molecular complexity index is 1160. The SMILES string of the molecule is Cc1cc(Br)c(O)c(CCNCC[N-]c2ccccc2C(C)C)c1.[CH2-]c1ccccc1.[CH2-]c1ccccc1.[Zr+4]. The summed E-state index contributed by atoms with van der Waals surface area (Å²) in [5.74, 6) is 0.832. The maximum atomic E-state index is 10.1. The molecule has 0 spiro atoms. The van der Waals surface area contributed by atoms with E-state index in [4.69, 9.17) is 5.32 Å². The number of aryl methyl sites for hydroxylation is 1. The van der Waals surface area contributed by atoms with E-state index in [1.54, 1.807) is 0 Å². The summed E-state index contributed by atoms with van der Waals surface area (Å²) in [7, 11) is 0. The zero-order chi connectivity index (χ0) is 27.8. The van der Waals surface area contributed by atoms with Crippen LogP contribution in [-0.2, 0) is 32.6 Å². The van der Waals surface area contributed by atoms with Gasteiger partial charge in [-0.3, -0.25) is 0 Å². The standard InChI is InChI=1S/C20H26BrN2O.2C7H7.Zr/c1-14(2)17-6-4-5-7-19(17)23-11-10-22-9-8-16-12-15(3)13-18(21)20(16)24;2*1-7-5-3-2-4-6-7;/h4-7,12-14,22,24H,8-11H2,1-3H3;2*2-6H,1H2;/q3*-1;+4. The second kappa shape index (κ2) is 19.6. The molecule has 4 aromatic rings. The number of halogens is 1. The van der Waals surface area contributed by atoms with Crippen LogP contribution < -0.4 is 5.32 Å². The molecule has 0 fully saturated rings. The van der Waals surface area contributed by atoms with Crippen LogP contribution in [0.4, 0.5) is 5.69 Å². The monoisotopic (exact) mass is 661 g/mol. The molecule has 4 rings (SSSR count). The van der Waals surface area contributed by atoms with Gasteiger partial charge >= 0.3 is 26.2 Å². The molecule has 5 heteroatoms. The maximum Gasteiger partial charge on any atom is 4.00 e. The first-order chi connectivity index (χ1) is 18.3.